The molecule has 1 aromatic carbocycles. The van der Waals surface area contributed by atoms with Gasteiger partial charge in [0.15, 0.2) is 5.65 Å². The Labute approximate surface area is 148 Å². The molecule has 126 valence electrons. The first-order chi connectivity index (χ1) is 12.6. The Hall–Kier alpha value is -3.72. The monoisotopic (exact) mass is 342 g/mol. The van der Waals surface area contributed by atoms with Crippen molar-refractivity contribution >= 4 is 16.7 Å². The van der Waals surface area contributed by atoms with Gasteiger partial charge in [0.25, 0.3) is 11.1 Å². The van der Waals surface area contributed by atoms with E-state index in [1.54, 1.807) is 12.3 Å². The highest BCUT2D eigenvalue weighted by Gasteiger charge is 2.15. The van der Waals surface area contributed by atoms with Crippen LogP contribution in [0.3, 0.4) is 0 Å². The number of aryl methyl sites for hydroxylation is 1. The summed E-state index contributed by atoms with van der Waals surface area (Å²) >= 11 is 0. The molecule has 0 unspecified atom stereocenters. The Kier molecular flexibility index (Phi) is 3.63. The quantitative estimate of drug-likeness (QED) is 0.523. The molecule has 0 saturated heterocycles. The zero-order chi connectivity index (χ0) is 18.3. The van der Waals surface area contributed by atoms with Crippen LogP contribution in [0.15, 0.2) is 64.3 Å². The van der Waals surface area contributed by atoms with E-state index < -0.39 is 5.56 Å². The Balaban J connectivity index is 2.12. The minimum Gasteiger partial charge on any atom is -0.287 e. The van der Waals surface area contributed by atoms with Crippen LogP contribution < -0.4 is 11.1 Å². The van der Waals surface area contributed by atoms with Gasteiger partial charge >= 0.3 is 0 Å². The minimum atomic E-state index is -0.452. The Bertz CT molecular complexity index is 1310. The van der Waals surface area contributed by atoms with Crippen LogP contribution in [0.4, 0.5) is 0 Å². The number of hydrogen-bond acceptors (Lipinski definition) is 4. The number of aromatic nitrogens is 3. The van der Waals surface area contributed by atoms with Crippen molar-refractivity contribution in [1.82, 2.24) is 14.0 Å². The fourth-order valence-corrected chi connectivity index (χ4v) is 3.02. The molecule has 4 rings (SSSR count). The molecule has 26 heavy (non-hydrogen) atoms. The van der Waals surface area contributed by atoms with Crippen LogP contribution in [-0.2, 0) is 6.54 Å². The third-order valence-corrected chi connectivity index (χ3v) is 4.31. The van der Waals surface area contributed by atoms with E-state index in [-0.39, 0.29) is 28.7 Å². The first-order valence-electron chi connectivity index (χ1n) is 8.09. The van der Waals surface area contributed by atoms with Gasteiger partial charge in [0.1, 0.15) is 17.3 Å². The average molecular weight is 342 g/mol. The van der Waals surface area contributed by atoms with Gasteiger partial charge < -0.3 is 0 Å². The molecule has 0 radical (unpaired) electrons. The lowest BCUT2D eigenvalue weighted by Gasteiger charge is -2.11. The summed E-state index contributed by atoms with van der Waals surface area (Å²) in [4.78, 5) is 30.2. The van der Waals surface area contributed by atoms with Crippen molar-refractivity contribution in [2.24, 2.45) is 0 Å². The summed E-state index contributed by atoms with van der Waals surface area (Å²) < 4.78 is 2.83. The number of benzene rings is 1. The van der Waals surface area contributed by atoms with E-state index in [1.165, 1.54) is 15.0 Å². The molecule has 0 fully saturated rings. The maximum absolute atomic E-state index is 12.9. The van der Waals surface area contributed by atoms with Crippen molar-refractivity contribution < 1.29 is 0 Å². The highest BCUT2D eigenvalue weighted by atomic mass is 16.1. The van der Waals surface area contributed by atoms with Crippen molar-refractivity contribution in [3.05, 3.63) is 92.1 Å². The summed E-state index contributed by atoms with van der Waals surface area (Å²) in [6.45, 7) is 2.12. The fraction of sp³-hybridized carbons (Fsp3) is 0.100. The van der Waals surface area contributed by atoms with Crippen molar-refractivity contribution in [3.63, 3.8) is 0 Å². The average Bonchev–Trinajstić information content (AvgIpc) is 2.66. The van der Waals surface area contributed by atoms with Crippen LogP contribution >= 0.6 is 0 Å². The van der Waals surface area contributed by atoms with Gasteiger partial charge in [0.05, 0.1) is 11.9 Å². The van der Waals surface area contributed by atoms with Gasteiger partial charge in [-0.05, 0) is 30.2 Å². The van der Waals surface area contributed by atoms with Crippen LogP contribution in [-0.4, -0.2) is 14.0 Å². The molecule has 0 aliphatic carbocycles. The first-order valence-corrected chi connectivity index (χ1v) is 8.09. The number of pyridine rings is 2. The summed E-state index contributed by atoms with van der Waals surface area (Å²) in [6.07, 6.45) is 1.70. The second kappa shape index (κ2) is 5.97. The predicted octanol–water partition coefficient (Wildman–Crippen LogP) is 2.24. The van der Waals surface area contributed by atoms with E-state index >= 15 is 0 Å². The second-order valence-corrected chi connectivity index (χ2v) is 6.14. The molecule has 0 amide bonds. The summed E-state index contributed by atoms with van der Waals surface area (Å²) in [7, 11) is 0. The zero-order valence-electron chi connectivity index (χ0n) is 14.0. The van der Waals surface area contributed by atoms with Crippen LogP contribution in [0.25, 0.3) is 16.7 Å². The van der Waals surface area contributed by atoms with Crippen LogP contribution in [0.5, 0.6) is 0 Å². The largest absolute Gasteiger partial charge is 0.287 e. The number of rotatable bonds is 2. The fourth-order valence-electron chi connectivity index (χ4n) is 3.02. The molecule has 6 nitrogen and oxygen atoms in total. The molecule has 0 spiro atoms. The van der Waals surface area contributed by atoms with E-state index in [2.05, 4.69) is 4.98 Å². The molecular formula is C20H14N4O2. The molecule has 4 aromatic rings. The lowest BCUT2D eigenvalue weighted by molar-refractivity contribution is 0.778. The minimum absolute atomic E-state index is 0.0695. The smallest absolute Gasteiger partial charge is 0.270 e. The molecule has 3 heterocycles. The van der Waals surface area contributed by atoms with E-state index in [4.69, 9.17) is 0 Å². The highest BCUT2D eigenvalue weighted by Crippen LogP contribution is 2.12. The number of nitriles is 1. The molecule has 0 bridgehead atoms. The van der Waals surface area contributed by atoms with E-state index in [1.807, 2.05) is 49.4 Å². The molecule has 0 aliphatic rings. The molecule has 0 N–H and O–H groups in total. The zero-order valence-corrected chi connectivity index (χ0v) is 14.0. The summed E-state index contributed by atoms with van der Waals surface area (Å²) in [6, 6.07) is 16.2. The van der Waals surface area contributed by atoms with Gasteiger partial charge in [0.2, 0.25) is 0 Å². The van der Waals surface area contributed by atoms with Crippen LogP contribution in [0.2, 0.25) is 0 Å². The standard InChI is InChI=1S/C20H14N4O2/c1-13-7-8-17-22-18-16(20(26)23(17)11-13)9-15(10-21)19(25)24(18)12-14-5-3-2-4-6-14/h2-9,11H,12H2,1H3. The Morgan fingerprint density at radius 3 is 2.58 bits per heavy atom. The maximum Gasteiger partial charge on any atom is 0.270 e. The second-order valence-electron chi connectivity index (χ2n) is 6.14. The van der Waals surface area contributed by atoms with Gasteiger partial charge in [-0.3, -0.25) is 18.6 Å². The summed E-state index contributed by atoms with van der Waals surface area (Å²) in [5.41, 5.74) is 1.72. The van der Waals surface area contributed by atoms with E-state index in [9.17, 15) is 14.9 Å². The van der Waals surface area contributed by atoms with Crippen molar-refractivity contribution in [2.75, 3.05) is 0 Å². The van der Waals surface area contributed by atoms with Crippen LogP contribution in [0, 0.1) is 18.3 Å². The highest BCUT2D eigenvalue weighted by molar-refractivity contribution is 5.78. The number of fused-ring (bicyclic) bond motifs is 2. The first kappa shape index (κ1) is 15.8. The predicted molar refractivity (Wildman–Crippen MR) is 98.2 cm³/mol. The molecule has 0 saturated carbocycles. The number of nitrogens with zero attached hydrogens (tertiary/aromatic N) is 4. The topological polar surface area (TPSA) is 80.2 Å². The maximum atomic E-state index is 12.9. The van der Waals surface area contributed by atoms with Crippen molar-refractivity contribution in [2.45, 2.75) is 13.5 Å². The molecule has 3 aromatic heterocycles. The number of hydrogen-bond donors (Lipinski definition) is 0. The third kappa shape index (κ3) is 2.47. The molecule has 0 atom stereocenters. The Morgan fingerprint density at radius 2 is 1.85 bits per heavy atom. The van der Waals surface area contributed by atoms with E-state index in [0.29, 0.717) is 5.65 Å². The van der Waals surface area contributed by atoms with Crippen molar-refractivity contribution in [1.29, 1.82) is 5.26 Å². The van der Waals surface area contributed by atoms with Gasteiger partial charge in [0, 0.05) is 6.20 Å². The van der Waals surface area contributed by atoms with Gasteiger partial charge in [-0.15, -0.1) is 0 Å². The van der Waals surface area contributed by atoms with E-state index in [0.717, 1.165) is 11.1 Å². The normalized spacial score (nSPS) is 10.9. The summed E-state index contributed by atoms with van der Waals surface area (Å²) in [5.74, 6) is 0. The van der Waals surface area contributed by atoms with Crippen molar-refractivity contribution in [3.8, 4) is 6.07 Å². The van der Waals surface area contributed by atoms with Gasteiger partial charge in [-0.1, -0.05) is 36.4 Å². The SMILES string of the molecule is Cc1ccc2nc3c(cc(C#N)c(=O)n3Cc3ccccc3)c(=O)n2c1. The van der Waals surface area contributed by atoms with Gasteiger partial charge in [-0.25, -0.2) is 4.98 Å². The molecular weight excluding hydrogens is 328 g/mol. The third-order valence-electron chi connectivity index (χ3n) is 4.31. The van der Waals surface area contributed by atoms with Crippen LogP contribution in [0.1, 0.15) is 16.7 Å². The summed E-state index contributed by atoms with van der Waals surface area (Å²) in [5, 5.41) is 9.57. The lowest BCUT2D eigenvalue weighted by Crippen LogP contribution is -2.27. The Morgan fingerprint density at radius 1 is 1.08 bits per heavy atom. The molecule has 0 aliphatic heterocycles. The molecule has 6 heteroatoms. The van der Waals surface area contributed by atoms with Gasteiger partial charge in [-0.2, -0.15) is 5.26 Å². The lowest BCUT2D eigenvalue weighted by atomic mass is 10.2.